The average molecular weight is 337 g/mol. The Morgan fingerprint density at radius 1 is 1.35 bits per heavy atom. The summed E-state index contributed by atoms with van der Waals surface area (Å²) < 4.78 is 5.24. The van der Waals surface area contributed by atoms with Crippen LogP contribution in [0.4, 0.5) is 0 Å². The SMILES string of the molecule is O=C(Cc1noc2ccccc12)N1CCC(CBr)CC1. The van der Waals surface area contributed by atoms with Crippen molar-refractivity contribution in [2.45, 2.75) is 19.3 Å². The number of rotatable bonds is 3. The number of para-hydroxylation sites is 1. The molecule has 0 aliphatic carbocycles. The van der Waals surface area contributed by atoms with Gasteiger partial charge in [0.25, 0.3) is 0 Å². The summed E-state index contributed by atoms with van der Waals surface area (Å²) in [4.78, 5) is 14.3. The van der Waals surface area contributed by atoms with Crippen LogP contribution >= 0.6 is 15.9 Å². The Bertz CT molecular complexity index is 603. The highest BCUT2D eigenvalue weighted by Gasteiger charge is 2.23. The van der Waals surface area contributed by atoms with Crippen LogP contribution in [0.2, 0.25) is 0 Å². The number of amides is 1. The topological polar surface area (TPSA) is 46.3 Å². The predicted molar refractivity (Wildman–Crippen MR) is 80.8 cm³/mol. The smallest absolute Gasteiger partial charge is 0.228 e. The summed E-state index contributed by atoms with van der Waals surface area (Å²) in [5.74, 6) is 0.851. The molecule has 2 heterocycles. The number of fused-ring (bicyclic) bond motifs is 1. The van der Waals surface area contributed by atoms with Gasteiger partial charge >= 0.3 is 0 Å². The zero-order chi connectivity index (χ0) is 13.9. The van der Waals surface area contributed by atoms with Crippen molar-refractivity contribution in [2.75, 3.05) is 18.4 Å². The van der Waals surface area contributed by atoms with Crippen LogP contribution in [0.3, 0.4) is 0 Å². The Balaban J connectivity index is 1.67. The lowest BCUT2D eigenvalue weighted by atomic mass is 9.99. The number of carbonyl (C=O) groups excluding carboxylic acids is 1. The molecule has 0 N–H and O–H groups in total. The lowest BCUT2D eigenvalue weighted by molar-refractivity contribution is -0.131. The molecule has 1 aromatic heterocycles. The first kappa shape index (κ1) is 13.6. The van der Waals surface area contributed by atoms with Crippen LogP contribution < -0.4 is 0 Å². The number of benzene rings is 1. The van der Waals surface area contributed by atoms with Gasteiger partial charge in [-0.2, -0.15) is 0 Å². The standard InChI is InChI=1S/C15H17BrN2O2/c16-10-11-5-7-18(8-6-11)15(19)9-13-12-3-1-2-4-14(12)20-17-13/h1-4,11H,5-10H2. The Morgan fingerprint density at radius 3 is 2.85 bits per heavy atom. The molecule has 5 heteroatoms. The highest BCUT2D eigenvalue weighted by atomic mass is 79.9. The molecule has 0 radical (unpaired) electrons. The maximum atomic E-state index is 12.3. The quantitative estimate of drug-likeness (QED) is 0.809. The zero-order valence-corrected chi connectivity index (χ0v) is 12.8. The van der Waals surface area contributed by atoms with Crippen LogP contribution in [0.25, 0.3) is 11.0 Å². The molecule has 20 heavy (non-hydrogen) atoms. The van der Waals surface area contributed by atoms with Crippen LogP contribution in [-0.2, 0) is 11.2 Å². The first-order valence-corrected chi connectivity index (χ1v) is 8.07. The molecule has 1 fully saturated rings. The Hall–Kier alpha value is -1.36. The summed E-state index contributed by atoms with van der Waals surface area (Å²) in [5.41, 5.74) is 1.49. The highest BCUT2D eigenvalue weighted by molar-refractivity contribution is 9.09. The van der Waals surface area contributed by atoms with E-state index in [-0.39, 0.29) is 5.91 Å². The van der Waals surface area contributed by atoms with E-state index >= 15 is 0 Å². The fourth-order valence-corrected chi connectivity index (χ4v) is 3.30. The van der Waals surface area contributed by atoms with Crippen molar-refractivity contribution in [3.05, 3.63) is 30.0 Å². The van der Waals surface area contributed by atoms with Crippen LogP contribution in [0, 0.1) is 5.92 Å². The number of hydrogen-bond acceptors (Lipinski definition) is 3. The van der Waals surface area contributed by atoms with Crippen molar-refractivity contribution in [2.24, 2.45) is 5.92 Å². The average Bonchev–Trinajstić information content (AvgIpc) is 2.91. The van der Waals surface area contributed by atoms with E-state index in [1.165, 1.54) is 0 Å². The summed E-state index contributed by atoms with van der Waals surface area (Å²) in [7, 11) is 0. The van der Waals surface area contributed by atoms with Gasteiger partial charge in [0.1, 0.15) is 5.69 Å². The molecule has 4 nitrogen and oxygen atoms in total. The molecule has 3 rings (SSSR count). The van der Waals surface area contributed by atoms with Crippen LogP contribution in [0.5, 0.6) is 0 Å². The van der Waals surface area contributed by atoms with Gasteiger partial charge in [-0.1, -0.05) is 33.2 Å². The molecule has 1 aliphatic rings. The normalized spacial score (nSPS) is 16.8. The third kappa shape index (κ3) is 2.73. The molecule has 1 aromatic carbocycles. The molecular formula is C15H17BrN2O2. The molecule has 106 valence electrons. The lowest BCUT2D eigenvalue weighted by Gasteiger charge is -2.31. The van der Waals surface area contributed by atoms with Gasteiger partial charge in [0, 0.05) is 23.8 Å². The molecule has 0 atom stereocenters. The fraction of sp³-hybridized carbons (Fsp3) is 0.467. The van der Waals surface area contributed by atoms with Gasteiger partial charge in [0.2, 0.25) is 5.91 Å². The molecule has 1 aliphatic heterocycles. The van der Waals surface area contributed by atoms with Gasteiger partial charge in [-0.15, -0.1) is 0 Å². The first-order valence-electron chi connectivity index (χ1n) is 6.95. The monoisotopic (exact) mass is 336 g/mol. The first-order chi connectivity index (χ1) is 9.78. The lowest BCUT2D eigenvalue weighted by Crippen LogP contribution is -2.39. The van der Waals surface area contributed by atoms with E-state index in [1.807, 2.05) is 29.2 Å². The van der Waals surface area contributed by atoms with E-state index in [9.17, 15) is 4.79 Å². The number of hydrogen-bond donors (Lipinski definition) is 0. The van der Waals surface area contributed by atoms with Gasteiger partial charge in [0.05, 0.1) is 6.42 Å². The number of nitrogens with zero attached hydrogens (tertiary/aromatic N) is 2. The second-order valence-electron chi connectivity index (χ2n) is 5.28. The van der Waals surface area contributed by atoms with Crippen molar-refractivity contribution in [1.29, 1.82) is 0 Å². The minimum atomic E-state index is 0.150. The summed E-state index contributed by atoms with van der Waals surface area (Å²) in [6.07, 6.45) is 2.49. The molecule has 2 aromatic rings. The highest BCUT2D eigenvalue weighted by Crippen LogP contribution is 2.22. The Kier molecular flexibility index (Phi) is 4.05. The molecule has 0 spiro atoms. The van der Waals surface area contributed by atoms with Gasteiger partial charge in [-0.3, -0.25) is 4.79 Å². The second kappa shape index (κ2) is 5.95. The molecule has 0 saturated carbocycles. The number of alkyl halides is 1. The third-order valence-electron chi connectivity index (χ3n) is 3.96. The van der Waals surface area contributed by atoms with E-state index in [2.05, 4.69) is 21.1 Å². The maximum absolute atomic E-state index is 12.3. The Labute approximate surface area is 126 Å². The van der Waals surface area contributed by atoms with Crippen molar-refractivity contribution < 1.29 is 9.32 Å². The molecule has 0 unspecified atom stereocenters. The molecule has 0 bridgehead atoms. The van der Waals surface area contributed by atoms with Crippen molar-refractivity contribution in [3.8, 4) is 0 Å². The van der Waals surface area contributed by atoms with E-state index < -0.39 is 0 Å². The van der Waals surface area contributed by atoms with Crippen molar-refractivity contribution in [1.82, 2.24) is 10.1 Å². The molecule has 1 saturated heterocycles. The summed E-state index contributed by atoms with van der Waals surface area (Å²) >= 11 is 3.52. The van der Waals surface area contributed by atoms with Crippen LogP contribution in [-0.4, -0.2) is 34.4 Å². The number of likely N-dealkylation sites (tertiary alicyclic amines) is 1. The molecular weight excluding hydrogens is 320 g/mol. The van der Waals surface area contributed by atoms with Crippen molar-refractivity contribution >= 4 is 32.8 Å². The summed E-state index contributed by atoms with van der Waals surface area (Å²) in [6.45, 7) is 1.70. The number of carbonyl (C=O) groups is 1. The predicted octanol–water partition coefficient (Wildman–Crippen LogP) is 3.00. The van der Waals surface area contributed by atoms with Gasteiger partial charge < -0.3 is 9.42 Å². The van der Waals surface area contributed by atoms with Gasteiger partial charge in [0.15, 0.2) is 5.58 Å². The zero-order valence-electron chi connectivity index (χ0n) is 11.2. The summed E-state index contributed by atoms with van der Waals surface area (Å²) in [5, 5.41) is 6.00. The number of aromatic nitrogens is 1. The van der Waals surface area contributed by atoms with Gasteiger partial charge in [-0.25, -0.2) is 0 Å². The minimum absolute atomic E-state index is 0.150. The molecule has 1 amide bonds. The fourth-order valence-electron chi connectivity index (χ4n) is 2.66. The van der Waals surface area contributed by atoms with E-state index in [0.717, 1.165) is 47.9 Å². The van der Waals surface area contributed by atoms with E-state index in [1.54, 1.807) is 0 Å². The van der Waals surface area contributed by atoms with Crippen LogP contribution in [0.1, 0.15) is 18.5 Å². The minimum Gasteiger partial charge on any atom is -0.356 e. The Morgan fingerprint density at radius 2 is 2.10 bits per heavy atom. The summed E-state index contributed by atoms with van der Waals surface area (Å²) in [6, 6.07) is 7.67. The largest absolute Gasteiger partial charge is 0.356 e. The number of piperidine rings is 1. The van der Waals surface area contributed by atoms with Crippen LogP contribution in [0.15, 0.2) is 28.8 Å². The second-order valence-corrected chi connectivity index (χ2v) is 5.93. The number of halogens is 1. The van der Waals surface area contributed by atoms with E-state index in [4.69, 9.17) is 4.52 Å². The third-order valence-corrected chi connectivity index (χ3v) is 4.87. The van der Waals surface area contributed by atoms with E-state index in [0.29, 0.717) is 12.3 Å². The van der Waals surface area contributed by atoms with Crippen molar-refractivity contribution in [3.63, 3.8) is 0 Å². The maximum Gasteiger partial charge on any atom is 0.228 e. The van der Waals surface area contributed by atoms with Gasteiger partial charge in [-0.05, 0) is 30.9 Å².